The largest absolute Gasteiger partial charge is 0.399 e. The summed E-state index contributed by atoms with van der Waals surface area (Å²) in [5.41, 5.74) is 6.65. The average Bonchev–Trinajstić information content (AvgIpc) is 2.36. The molecule has 0 unspecified atom stereocenters. The Bertz CT molecular complexity index is 649. The highest BCUT2D eigenvalue weighted by Gasteiger charge is 2.11. The van der Waals surface area contributed by atoms with Gasteiger partial charge in [-0.1, -0.05) is 11.6 Å². The van der Waals surface area contributed by atoms with Crippen LogP contribution in [0.2, 0.25) is 5.02 Å². The number of nitrogen functional groups attached to an aromatic ring is 1. The van der Waals surface area contributed by atoms with Crippen LogP contribution in [0.15, 0.2) is 36.4 Å². The summed E-state index contributed by atoms with van der Waals surface area (Å²) in [6, 6.07) is 9.06. The van der Waals surface area contributed by atoms with E-state index in [0.29, 0.717) is 14.9 Å². The summed E-state index contributed by atoms with van der Waals surface area (Å²) in [5.74, 6) is -0.824. The molecule has 0 bridgehead atoms. The van der Waals surface area contributed by atoms with Gasteiger partial charge in [-0.25, -0.2) is 4.39 Å². The lowest BCUT2D eigenvalue weighted by atomic mass is 10.2. The number of nitrogens with two attached hydrogens (primary N) is 1. The first kappa shape index (κ1) is 14.1. The van der Waals surface area contributed by atoms with Crippen LogP contribution in [-0.4, -0.2) is 5.91 Å². The summed E-state index contributed by atoms with van der Waals surface area (Å²) in [6.07, 6.45) is 0. The van der Waals surface area contributed by atoms with Gasteiger partial charge in [0.25, 0.3) is 5.91 Å². The first-order chi connectivity index (χ1) is 8.97. The van der Waals surface area contributed by atoms with Crippen LogP contribution < -0.4 is 11.1 Å². The molecule has 0 saturated carbocycles. The molecule has 1 amide bonds. The van der Waals surface area contributed by atoms with E-state index >= 15 is 0 Å². The van der Waals surface area contributed by atoms with E-state index in [0.717, 1.165) is 0 Å². The second kappa shape index (κ2) is 5.75. The maximum absolute atomic E-state index is 13.4. The highest BCUT2D eigenvalue weighted by molar-refractivity contribution is 14.1. The molecule has 2 aromatic rings. The van der Waals surface area contributed by atoms with Crippen LogP contribution in [0.4, 0.5) is 15.8 Å². The number of rotatable bonds is 2. The number of hydrogen-bond donors (Lipinski definition) is 2. The van der Waals surface area contributed by atoms with Crippen molar-refractivity contribution in [2.45, 2.75) is 0 Å². The van der Waals surface area contributed by atoms with Crippen LogP contribution in [0, 0.1) is 9.39 Å². The zero-order chi connectivity index (χ0) is 14.0. The summed E-state index contributed by atoms with van der Waals surface area (Å²) in [5, 5.41) is 2.86. The van der Waals surface area contributed by atoms with E-state index in [1.165, 1.54) is 12.1 Å². The standard InChI is InChI=1S/C13H9ClFIN2O/c14-10-3-1-7(17)5-9(10)13(19)18-8-2-4-12(16)11(15)6-8/h1-6H,17H2,(H,18,19). The van der Waals surface area contributed by atoms with E-state index < -0.39 is 11.7 Å². The van der Waals surface area contributed by atoms with Gasteiger partial charge in [0.1, 0.15) is 5.82 Å². The lowest BCUT2D eigenvalue weighted by Gasteiger charge is -2.08. The molecule has 0 aliphatic rings. The Morgan fingerprint density at radius 3 is 2.68 bits per heavy atom. The number of hydrogen-bond acceptors (Lipinski definition) is 2. The lowest BCUT2D eigenvalue weighted by Crippen LogP contribution is -2.13. The lowest BCUT2D eigenvalue weighted by molar-refractivity contribution is 0.102. The highest BCUT2D eigenvalue weighted by atomic mass is 127. The molecule has 6 heteroatoms. The Hall–Kier alpha value is -1.34. The van der Waals surface area contributed by atoms with E-state index in [4.69, 9.17) is 17.3 Å². The van der Waals surface area contributed by atoms with Gasteiger partial charge in [0.05, 0.1) is 10.6 Å². The first-order valence-electron chi connectivity index (χ1n) is 5.29. The predicted octanol–water partition coefficient (Wildman–Crippen LogP) is 3.92. The van der Waals surface area contributed by atoms with Crippen molar-refractivity contribution in [2.24, 2.45) is 0 Å². The molecule has 2 aromatic carbocycles. The molecule has 98 valence electrons. The van der Waals surface area contributed by atoms with Gasteiger partial charge >= 0.3 is 0 Å². The maximum atomic E-state index is 13.4. The molecule has 3 nitrogen and oxygen atoms in total. The van der Waals surface area contributed by atoms with Crippen molar-refractivity contribution < 1.29 is 9.18 Å². The van der Waals surface area contributed by atoms with Crippen LogP contribution in [0.1, 0.15) is 10.4 Å². The third-order valence-corrected chi connectivity index (χ3v) is 3.62. The van der Waals surface area contributed by atoms with Crippen LogP contribution in [0.3, 0.4) is 0 Å². The molecule has 0 saturated heterocycles. The Morgan fingerprint density at radius 2 is 2.00 bits per heavy atom. The summed E-state index contributed by atoms with van der Waals surface area (Å²) < 4.78 is 13.9. The zero-order valence-electron chi connectivity index (χ0n) is 9.58. The van der Waals surface area contributed by atoms with Crippen LogP contribution in [0.5, 0.6) is 0 Å². The van der Waals surface area contributed by atoms with Gasteiger partial charge in [0.15, 0.2) is 0 Å². The molecule has 0 aromatic heterocycles. The van der Waals surface area contributed by atoms with Crippen molar-refractivity contribution in [3.63, 3.8) is 0 Å². The van der Waals surface area contributed by atoms with Gasteiger partial charge in [-0.05, 0) is 59.0 Å². The number of amides is 1. The molecule has 0 aliphatic carbocycles. The molecular weight excluding hydrogens is 382 g/mol. The van der Waals surface area contributed by atoms with Crippen molar-refractivity contribution in [2.75, 3.05) is 11.1 Å². The van der Waals surface area contributed by atoms with Gasteiger partial charge < -0.3 is 11.1 Å². The van der Waals surface area contributed by atoms with E-state index in [2.05, 4.69) is 5.32 Å². The van der Waals surface area contributed by atoms with Gasteiger partial charge in [0.2, 0.25) is 0 Å². The van der Waals surface area contributed by atoms with E-state index in [1.54, 1.807) is 24.3 Å². The highest BCUT2D eigenvalue weighted by Crippen LogP contribution is 2.21. The number of anilines is 2. The second-order valence-corrected chi connectivity index (χ2v) is 5.39. The predicted molar refractivity (Wildman–Crippen MR) is 82.9 cm³/mol. The Kier molecular flexibility index (Phi) is 4.26. The van der Waals surface area contributed by atoms with Gasteiger partial charge in [-0.3, -0.25) is 4.79 Å². The van der Waals surface area contributed by atoms with Gasteiger partial charge in [0, 0.05) is 14.9 Å². The minimum atomic E-state index is -0.432. The van der Waals surface area contributed by atoms with Crippen molar-refractivity contribution in [1.82, 2.24) is 0 Å². The topological polar surface area (TPSA) is 55.1 Å². The Balaban J connectivity index is 2.25. The number of halogens is 3. The number of benzene rings is 2. The minimum absolute atomic E-state index is 0.251. The fraction of sp³-hybridized carbons (Fsp3) is 0. The average molecular weight is 391 g/mol. The zero-order valence-corrected chi connectivity index (χ0v) is 12.5. The fourth-order valence-electron chi connectivity index (χ4n) is 1.49. The number of carbonyl (C=O) groups is 1. The molecule has 0 heterocycles. The molecule has 0 spiro atoms. The molecular formula is C13H9ClFIN2O. The van der Waals surface area contributed by atoms with Crippen LogP contribution >= 0.6 is 34.2 Å². The smallest absolute Gasteiger partial charge is 0.257 e. The van der Waals surface area contributed by atoms with E-state index in [1.807, 2.05) is 22.6 Å². The molecule has 0 aliphatic heterocycles. The monoisotopic (exact) mass is 390 g/mol. The summed E-state index contributed by atoms with van der Waals surface area (Å²) in [6.45, 7) is 0. The summed E-state index contributed by atoms with van der Waals surface area (Å²) in [7, 11) is 0. The third-order valence-electron chi connectivity index (χ3n) is 2.41. The SMILES string of the molecule is Nc1ccc(Cl)c(C(=O)Nc2ccc(I)c(F)c2)c1. The summed E-state index contributed by atoms with van der Waals surface area (Å²) in [4.78, 5) is 12.0. The molecule has 3 N–H and O–H groups in total. The van der Waals surface area contributed by atoms with Gasteiger partial charge in [-0.2, -0.15) is 0 Å². The van der Waals surface area contributed by atoms with Crippen LogP contribution in [0.25, 0.3) is 0 Å². The van der Waals surface area contributed by atoms with Crippen LogP contribution in [-0.2, 0) is 0 Å². The van der Waals surface area contributed by atoms with Crippen molar-refractivity contribution >= 4 is 51.5 Å². The molecule has 19 heavy (non-hydrogen) atoms. The number of carbonyl (C=O) groups excluding carboxylic acids is 1. The Labute approximate surface area is 128 Å². The van der Waals surface area contributed by atoms with Crippen molar-refractivity contribution in [3.8, 4) is 0 Å². The fourth-order valence-corrected chi connectivity index (χ4v) is 2.03. The number of nitrogens with one attached hydrogen (secondary N) is 1. The summed E-state index contributed by atoms with van der Waals surface area (Å²) >= 11 is 7.79. The minimum Gasteiger partial charge on any atom is -0.399 e. The van der Waals surface area contributed by atoms with E-state index in [-0.39, 0.29) is 10.6 Å². The van der Waals surface area contributed by atoms with Crippen molar-refractivity contribution in [3.05, 3.63) is 56.4 Å². The van der Waals surface area contributed by atoms with Crippen molar-refractivity contribution in [1.29, 1.82) is 0 Å². The van der Waals surface area contributed by atoms with E-state index in [9.17, 15) is 9.18 Å². The Morgan fingerprint density at radius 1 is 1.26 bits per heavy atom. The third kappa shape index (κ3) is 3.36. The molecule has 2 rings (SSSR count). The molecule has 0 radical (unpaired) electrons. The molecule has 0 atom stereocenters. The second-order valence-electron chi connectivity index (χ2n) is 3.82. The molecule has 0 fully saturated rings. The van der Waals surface area contributed by atoms with Gasteiger partial charge in [-0.15, -0.1) is 0 Å². The quantitative estimate of drug-likeness (QED) is 0.603. The first-order valence-corrected chi connectivity index (χ1v) is 6.74. The maximum Gasteiger partial charge on any atom is 0.257 e. The normalized spacial score (nSPS) is 10.3.